The third-order valence-electron chi connectivity index (χ3n) is 6.22. The lowest BCUT2D eigenvalue weighted by atomic mass is 9.85. The van der Waals surface area contributed by atoms with Crippen molar-refractivity contribution >= 4 is 17.4 Å². The van der Waals surface area contributed by atoms with Crippen molar-refractivity contribution in [3.63, 3.8) is 0 Å². The van der Waals surface area contributed by atoms with Gasteiger partial charge >= 0.3 is 0 Å². The summed E-state index contributed by atoms with van der Waals surface area (Å²) < 4.78 is 1.69. The first-order chi connectivity index (χ1) is 12.8. The summed E-state index contributed by atoms with van der Waals surface area (Å²) in [5.41, 5.74) is 0.747. The van der Waals surface area contributed by atoms with Crippen molar-refractivity contribution in [3.05, 3.63) is 18.5 Å². The molecule has 1 aliphatic carbocycles. The summed E-state index contributed by atoms with van der Waals surface area (Å²) >= 11 is 0. The highest BCUT2D eigenvalue weighted by molar-refractivity contribution is 5.82. The van der Waals surface area contributed by atoms with Crippen LogP contribution in [0.1, 0.15) is 32.1 Å². The highest BCUT2D eigenvalue weighted by Crippen LogP contribution is 2.33. The molecule has 8 nitrogen and oxygen atoms in total. The number of aromatic nitrogens is 4. The van der Waals surface area contributed by atoms with Crippen molar-refractivity contribution in [2.75, 3.05) is 31.1 Å². The van der Waals surface area contributed by atoms with E-state index in [0.717, 1.165) is 44.1 Å². The number of amides is 1. The average Bonchev–Trinajstić information content (AvgIpc) is 3.33. The third kappa shape index (κ3) is 2.82. The van der Waals surface area contributed by atoms with E-state index >= 15 is 0 Å². The van der Waals surface area contributed by atoms with Crippen LogP contribution in [0.25, 0.3) is 5.65 Å². The Hall–Kier alpha value is -2.22. The van der Waals surface area contributed by atoms with Gasteiger partial charge in [0.15, 0.2) is 5.65 Å². The van der Waals surface area contributed by atoms with E-state index < -0.39 is 0 Å². The van der Waals surface area contributed by atoms with E-state index in [0.29, 0.717) is 17.9 Å². The molecule has 0 aromatic carbocycles. The molecule has 1 amide bonds. The van der Waals surface area contributed by atoms with Gasteiger partial charge in [0.2, 0.25) is 5.91 Å². The fourth-order valence-electron chi connectivity index (χ4n) is 4.77. The topological polar surface area (TPSA) is 78.7 Å². The zero-order chi connectivity index (χ0) is 17.5. The van der Waals surface area contributed by atoms with Gasteiger partial charge < -0.3 is 15.1 Å². The number of anilines is 1. The fourth-order valence-corrected chi connectivity index (χ4v) is 4.77. The Morgan fingerprint density at radius 3 is 2.81 bits per heavy atom. The van der Waals surface area contributed by atoms with Gasteiger partial charge in [-0.25, -0.2) is 0 Å². The van der Waals surface area contributed by atoms with E-state index in [1.54, 1.807) is 10.8 Å². The lowest BCUT2D eigenvalue weighted by Gasteiger charge is -2.36. The fraction of sp³-hybridized carbons (Fsp3) is 0.667. The Bertz CT molecular complexity index is 784. The van der Waals surface area contributed by atoms with Gasteiger partial charge in [0.05, 0.1) is 6.04 Å². The molecular formula is C18H25N7O. The van der Waals surface area contributed by atoms with Crippen LogP contribution in [0.3, 0.4) is 0 Å². The molecule has 2 saturated heterocycles. The van der Waals surface area contributed by atoms with Gasteiger partial charge in [-0.3, -0.25) is 4.79 Å². The molecule has 5 rings (SSSR count). The van der Waals surface area contributed by atoms with E-state index in [-0.39, 0.29) is 6.04 Å². The van der Waals surface area contributed by atoms with Crippen LogP contribution in [0.5, 0.6) is 0 Å². The van der Waals surface area contributed by atoms with Crippen molar-refractivity contribution in [1.29, 1.82) is 0 Å². The molecule has 1 saturated carbocycles. The SMILES string of the molecule is O=C(C1CC2CCCCC2N1)N1CCN(c2ccc3nncn3n2)CC1. The van der Waals surface area contributed by atoms with Gasteiger partial charge in [-0.2, -0.15) is 4.52 Å². The molecule has 1 N–H and O–H groups in total. The Balaban J connectivity index is 1.20. The number of hydrogen-bond acceptors (Lipinski definition) is 6. The summed E-state index contributed by atoms with van der Waals surface area (Å²) in [6.45, 7) is 3.14. The summed E-state index contributed by atoms with van der Waals surface area (Å²) in [4.78, 5) is 17.2. The maximum absolute atomic E-state index is 12.9. The molecule has 3 atom stereocenters. The number of piperazine rings is 1. The molecule has 3 aliphatic rings. The Morgan fingerprint density at radius 2 is 1.96 bits per heavy atom. The minimum absolute atomic E-state index is 0.0288. The van der Waals surface area contributed by atoms with E-state index in [1.807, 2.05) is 17.0 Å². The standard InChI is InChI=1S/C18H25N7O/c26-18(15-11-13-3-1-2-4-14(13)20-15)24-9-7-23(8-10-24)17-6-5-16-21-19-12-25(16)22-17/h5-6,12-15,20H,1-4,7-11H2. The molecule has 2 aliphatic heterocycles. The number of carbonyl (C=O) groups excluding carboxylic acids is 1. The van der Waals surface area contributed by atoms with Crippen molar-refractivity contribution in [3.8, 4) is 0 Å². The van der Waals surface area contributed by atoms with Crippen molar-refractivity contribution < 1.29 is 4.79 Å². The van der Waals surface area contributed by atoms with Crippen LogP contribution < -0.4 is 10.2 Å². The predicted octanol–water partition coefficient (Wildman–Crippen LogP) is 0.694. The Labute approximate surface area is 152 Å². The van der Waals surface area contributed by atoms with Crippen LogP contribution in [0.4, 0.5) is 5.82 Å². The lowest BCUT2D eigenvalue weighted by molar-refractivity contribution is -0.133. The van der Waals surface area contributed by atoms with E-state index in [2.05, 4.69) is 25.5 Å². The van der Waals surface area contributed by atoms with Crippen LogP contribution in [0, 0.1) is 5.92 Å². The number of carbonyl (C=O) groups is 1. The van der Waals surface area contributed by atoms with Crippen LogP contribution in [0.2, 0.25) is 0 Å². The summed E-state index contributed by atoms with van der Waals surface area (Å²) in [6.07, 6.45) is 7.79. The van der Waals surface area contributed by atoms with Crippen molar-refractivity contribution in [1.82, 2.24) is 30.0 Å². The normalized spacial score (nSPS) is 29.2. The summed E-state index contributed by atoms with van der Waals surface area (Å²) in [5, 5.41) is 16.0. The summed E-state index contributed by atoms with van der Waals surface area (Å²) in [7, 11) is 0. The smallest absolute Gasteiger partial charge is 0.239 e. The zero-order valence-corrected chi connectivity index (χ0v) is 14.9. The number of rotatable bonds is 2. The Kier molecular flexibility index (Phi) is 4.00. The highest BCUT2D eigenvalue weighted by atomic mass is 16.2. The second-order valence-corrected chi connectivity index (χ2v) is 7.74. The largest absolute Gasteiger partial charge is 0.352 e. The van der Waals surface area contributed by atoms with E-state index in [9.17, 15) is 4.79 Å². The molecule has 4 heterocycles. The summed E-state index contributed by atoms with van der Waals surface area (Å²) in [6, 6.07) is 4.50. The molecule has 0 bridgehead atoms. The van der Waals surface area contributed by atoms with Crippen LogP contribution in [0.15, 0.2) is 18.5 Å². The van der Waals surface area contributed by atoms with Gasteiger partial charge in [-0.1, -0.05) is 12.8 Å². The van der Waals surface area contributed by atoms with E-state index in [4.69, 9.17) is 0 Å². The lowest BCUT2D eigenvalue weighted by Crippen LogP contribution is -2.53. The Morgan fingerprint density at radius 1 is 1.12 bits per heavy atom. The quantitative estimate of drug-likeness (QED) is 0.854. The maximum atomic E-state index is 12.9. The number of nitrogens with one attached hydrogen (secondary N) is 1. The number of nitrogens with zero attached hydrogens (tertiary/aromatic N) is 6. The maximum Gasteiger partial charge on any atom is 0.239 e. The second-order valence-electron chi connectivity index (χ2n) is 7.74. The van der Waals surface area contributed by atoms with Gasteiger partial charge in [0.1, 0.15) is 12.1 Å². The second kappa shape index (κ2) is 6.50. The molecule has 138 valence electrons. The zero-order valence-electron chi connectivity index (χ0n) is 14.9. The first kappa shape index (κ1) is 16.0. The average molecular weight is 355 g/mol. The van der Waals surface area contributed by atoms with Crippen LogP contribution >= 0.6 is 0 Å². The predicted molar refractivity (Wildman–Crippen MR) is 96.9 cm³/mol. The molecule has 2 aromatic heterocycles. The van der Waals surface area contributed by atoms with Crippen molar-refractivity contribution in [2.45, 2.75) is 44.2 Å². The molecule has 0 spiro atoms. The third-order valence-corrected chi connectivity index (χ3v) is 6.22. The van der Waals surface area contributed by atoms with Gasteiger partial charge in [0.25, 0.3) is 0 Å². The number of hydrogen-bond donors (Lipinski definition) is 1. The van der Waals surface area contributed by atoms with E-state index in [1.165, 1.54) is 25.7 Å². The van der Waals surface area contributed by atoms with Gasteiger partial charge in [0, 0.05) is 32.2 Å². The molecule has 8 heteroatoms. The first-order valence-corrected chi connectivity index (χ1v) is 9.75. The number of fused-ring (bicyclic) bond motifs is 2. The molecule has 0 radical (unpaired) electrons. The minimum atomic E-state index is 0.0288. The molecular weight excluding hydrogens is 330 g/mol. The highest BCUT2D eigenvalue weighted by Gasteiger charge is 2.40. The molecule has 26 heavy (non-hydrogen) atoms. The van der Waals surface area contributed by atoms with Gasteiger partial charge in [-0.05, 0) is 37.3 Å². The van der Waals surface area contributed by atoms with Crippen molar-refractivity contribution in [2.24, 2.45) is 5.92 Å². The van der Waals surface area contributed by atoms with Crippen LogP contribution in [-0.2, 0) is 4.79 Å². The van der Waals surface area contributed by atoms with Crippen LogP contribution in [-0.4, -0.2) is 68.9 Å². The first-order valence-electron chi connectivity index (χ1n) is 9.75. The molecule has 3 fully saturated rings. The minimum Gasteiger partial charge on any atom is -0.352 e. The van der Waals surface area contributed by atoms with Gasteiger partial charge in [-0.15, -0.1) is 15.3 Å². The monoisotopic (exact) mass is 355 g/mol. The molecule has 3 unspecified atom stereocenters. The summed E-state index contributed by atoms with van der Waals surface area (Å²) in [5.74, 6) is 1.91. The molecule has 2 aromatic rings.